The first kappa shape index (κ1) is 21.7. The summed E-state index contributed by atoms with van der Waals surface area (Å²) in [5.41, 5.74) is 1.84. The first-order valence-electron chi connectivity index (χ1n) is 9.73. The number of amides is 3. The van der Waals surface area contributed by atoms with Crippen molar-refractivity contribution in [2.24, 2.45) is 0 Å². The summed E-state index contributed by atoms with van der Waals surface area (Å²) in [4.78, 5) is 37.0. The first-order valence-corrected chi connectivity index (χ1v) is 9.73. The van der Waals surface area contributed by atoms with Crippen LogP contribution in [0, 0.1) is 12.7 Å². The third kappa shape index (κ3) is 5.76. The van der Waals surface area contributed by atoms with Crippen LogP contribution in [0.15, 0.2) is 72.8 Å². The van der Waals surface area contributed by atoms with Gasteiger partial charge in [0.15, 0.2) is 0 Å². The fourth-order valence-corrected chi connectivity index (χ4v) is 2.86. The van der Waals surface area contributed by atoms with Crippen molar-refractivity contribution in [1.29, 1.82) is 0 Å². The monoisotopic (exact) mass is 419 g/mol. The van der Waals surface area contributed by atoms with Crippen LogP contribution in [0.25, 0.3) is 0 Å². The molecular weight excluding hydrogens is 397 g/mol. The lowest BCUT2D eigenvalue weighted by molar-refractivity contribution is 0.0927. The highest BCUT2D eigenvalue weighted by molar-refractivity contribution is 6.09. The summed E-state index contributed by atoms with van der Waals surface area (Å²) in [6.07, 6.45) is 0. The second kappa shape index (κ2) is 10.2. The third-order valence-corrected chi connectivity index (χ3v) is 4.59. The fraction of sp³-hybridized carbons (Fsp3) is 0.125. The smallest absolute Gasteiger partial charge is 0.255 e. The van der Waals surface area contributed by atoms with Crippen LogP contribution in [0.4, 0.5) is 10.1 Å². The first-order chi connectivity index (χ1) is 15.0. The molecule has 0 aliphatic heterocycles. The van der Waals surface area contributed by atoms with Gasteiger partial charge in [-0.1, -0.05) is 36.4 Å². The molecule has 3 rings (SSSR count). The Morgan fingerprint density at radius 2 is 1.39 bits per heavy atom. The van der Waals surface area contributed by atoms with Crippen LogP contribution < -0.4 is 16.0 Å². The van der Waals surface area contributed by atoms with Crippen LogP contribution in [0.1, 0.15) is 36.6 Å². The molecule has 158 valence electrons. The van der Waals surface area contributed by atoms with Gasteiger partial charge in [0, 0.05) is 24.2 Å². The van der Waals surface area contributed by atoms with Crippen molar-refractivity contribution in [2.75, 3.05) is 18.4 Å². The third-order valence-electron chi connectivity index (χ3n) is 4.59. The molecule has 0 radical (unpaired) electrons. The number of nitrogens with one attached hydrogen (secondary N) is 3. The van der Waals surface area contributed by atoms with Gasteiger partial charge < -0.3 is 16.0 Å². The molecule has 0 spiro atoms. The Hall–Kier alpha value is -4.00. The number of benzene rings is 3. The zero-order chi connectivity index (χ0) is 22.2. The molecule has 0 atom stereocenters. The van der Waals surface area contributed by atoms with Crippen molar-refractivity contribution in [3.63, 3.8) is 0 Å². The van der Waals surface area contributed by atoms with Gasteiger partial charge in [-0.25, -0.2) is 4.39 Å². The lowest BCUT2D eigenvalue weighted by atomic mass is 10.1. The van der Waals surface area contributed by atoms with Gasteiger partial charge in [-0.15, -0.1) is 0 Å². The van der Waals surface area contributed by atoms with Crippen molar-refractivity contribution in [1.82, 2.24) is 10.6 Å². The molecule has 3 amide bonds. The van der Waals surface area contributed by atoms with Crippen molar-refractivity contribution in [2.45, 2.75) is 6.92 Å². The molecule has 31 heavy (non-hydrogen) atoms. The number of hydrogen-bond acceptors (Lipinski definition) is 3. The molecule has 3 N–H and O–H groups in total. The number of rotatable bonds is 7. The number of para-hydroxylation sites is 1. The van der Waals surface area contributed by atoms with E-state index >= 15 is 0 Å². The maximum Gasteiger partial charge on any atom is 0.255 e. The fourth-order valence-electron chi connectivity index (χ4n) is 2.86. The number of hydrogen-bond donors (Lipinski definition) is 3. The molecular formula is C24H22FN3O3. The van der Waals surface area contributed by atoms with Crippen LogP contribution in [-0.2, 0) is 0 Å². The van der Waals surface area contributed by atoms with Gasteiger partial charge >= 0.3 is 0 Å². The van der Waals surface area contributed by atoms with Gasteiger partial charge in [0.2, 0.25) is 0 Å². The highest BCUT2D eigenvalue weighted by Crippen LogP contribution is 2.16. The van der Waals surface area contributed by atoms with Crippen molar-refractivity contribution in [3.8, 4) is 0 Å². The van der Waals surface area contributed by atoms with Crippen LogP contribution in [-0.4, -0.2) is 30.8 Å². The molecule has 0 bridgehead atoms. The van der Waals surface area contributed by atoms with E-state index in [0.29, 0.717) is 22.4 Å². The molecule has 0 fully saturated rings. The SMILES string of the molecule is Cc1ccc(C(=O)NCCNC(=O)c2ccccc2NC(=O)c2ccccc2)cc1F. The average Bonchev–Trinajstić information content (AvgIpc) is 2.79. The molecule has 0 heterocycles. The summed E-state index contributed by atoms with van der Waals surface area (Å²) < 4.78 is 13.6. The molecule has 3 aromatic rings. The van der Waals surface area contributed by atoms with Gasteiger partial charge in [-0.2, -0.15) is 0 Å². The van der Waals surface area contributed by atoms with Crippen molar-refractivity contribution in [3.05, 3.63) is 101 Å². The summed E-state index contributed by atoms with van der Waals surface area (Å²) in [6.45, 7) is 1.95. The zero-order valence-electron chi connectivity index (χ0n) is 16.9. The van der Waals surface area contributed by atoms with Gasteiger partial charge in [0.05, 0.1) is 11.3 Å². The molecule has 0 aliphatic rings. The molecule has 0 aliphatic carbocycles. The van der Waals surface area contributed by atoms with Crippen LogP contribution in [0.2, 0.25) is 0 Å². The highest BCUT2D eigenvalue weighted by Gasteiger charge is 2.14. The Morgan fingerprint density at radius 1 is 0.742 bits per heavy atom. The van der Waals surface area contributed by atoms with E-state index in [1.54, 1.807) is 55.5 Å². The summed E-state index contributed by atoms with van der Waals surface area (Å²) >= 11 is 0. The minimum Gasteiger partial charge on any atom is -0.350 e. The van der Waals surface area contributed by atoms with E-state index in [-0.39, 0.29) is 30.5 Å². The number of carbonyl (C=O) groups excluding carboxylic acids is 3. The quantitative estimate of drug-likeness (QED) is 0.512. The van der Waals surface area contributed by atoms with Crippen molar-refractivity contribution >= 4 is 23.4 Å². The maximum atomic E-state index is 13.6. The lowest BCUT2D eigenvalue weighted by Crippen LogP contribution is -2.35. The van der Waals surface area contributed by atoms with E-state index in [9.17, 15) is 18.8 Å². The Labute approximate surface area is 179 Å². The topological polar surface area (TPSA) is 87.3 Å². The van der Waals surface area contributed by atoms with Gasteiger partial charge in [0.25, 0.3) is 17.7 Å². The normalized spacial score (nSPS) is 10.3. The van der Waals surface area contributed by atoms with Crippen molar-refractivity contribution < 1.29 is 18.8 Å². The minimum absolute atomic E-state index is 0.165. The Kier molecular flexibility index (Phi) is 7.11. The summed E-state index contributed by atoms with van der Waals surface area (Å²) in [5.74, 6) is -1.59. The molecule has 0 unspecified atom stereocenters. The average molecular weight is 419 g/mol. The highest BCUT2D eigenvalue weighted by atomic mass is 19.1. The van der Waals surface area contributed by atoms with E-state index in [2.05, 4.69) is 16.0 Å². The molecule has 0 saturated heterocycles. The van der Waals surface area contributed by atoms with Gasteiger partial charge in [-0.05, 0) is 48.9 Å². The number of anilines is 1. The van der Waals surface area contributed by atoms with E-state index in [4.69, 9.17) is 0 Å². The number of halogens is 1. The lowest BCUT2D eigenvalue weighted by Gasteiger charge is -2.12. The van der Waals surface area contributed by atoms with E-state index in [1.165, 1.54) is 18.2 Å². The van der Waals surface area contributed by atoms with E-state index in [1.807, 2.05) is 6.07 Å². The van der Waals surface area contributed by atoms with Crippen LogP contribution in [0.3, 0.4) is 0 Å². The summed E-state index contributed by atoms with van der Waals surface area (Å²) in [7, 11) is 0. The molecule has 6 nitrogen and oxygen atoms in total. The predicted molar refractivity (Wildman–Crippen MR) is 117 cm³/mol. The van der Waals surface area contributed by atoms with Gasteiger partial charge in [-0.3, -0.25) is 14.4 Å². The molecule has 3 aromatic carbocycles. The standard InChI is InChI=1S/C24H22FN3O3/c1-16-11-12-18(15-20(16)25)22(29)26-13-14-27-24(31)19-9-5-6-10-21(19)28-23(30)17-7-3-2-4-8-17/h2-12,15H,13-14H2,1H3,(H,26,29)(H,27,31)(H,28,30). The second-order valence-corrected chi connectivity index (χ2v) is 6.84. The van der Waals surface area contributed by atoms with Crippen LogP contribution >= 0.6 is 0 Å². The molecule has 7 heteroatoms. The van der Waals surface area contributed by atoms with Crippen LogP contribution in [0.5, 0.6) is 0 Å². The maximum absolute atomic E-state index is 13.6. The summed E-state index contributed by atoms with van der Waals surface area (Å²) in [6, 6.07) is 19.6. The Bertz CT molecular complexity index is 1100. The van der Waals surface area contributed by atoms with E-state index < -0.39 is 11.7 Å². The van der Waals surface area contributed by atoms with E-state index in [0.717, 1.165) is 0 Å². The predicted octanol–water partition coefficient (Wildman–Crippen LogP) is 3.55. The number of carbonyl (C=O) groups is 3. The number of aryl methyl sites for hydroxylation is 1. The second-order valence-electron chi connectivity index (χ2n) is 6.84. The zero-order valence-corrected chi connectivity index (χ0v) is 16.9. The minimum atomic E-state index is -0.449. The largest absolute Gasteiger partial charge is 0.350 e. The Morgan fingerprint density at radius 3 is 2.10 bits per heavy atom. The van der Waals surface area contributed by atoms with Gasteiger partial charge in [0.1, 0.15) is 5.82 Å². The molecule has 0 aromatic heterocycles. The molecule has 0 saturated carbocycles. The Balaban J connectivity index is 1.54. The summed E-state index contributed by atoms with van der Waals surface area (Å²) in [5, 5.41) is 8.07.